The molecule has 1 aromatic carbocycles. The van der Waals surface area contributed by atoms with Crippen molar-refractivity contribution in [1.82, 2.24) is 5.32 Å². The lowest BCUT2D eigenvalue weighted by Crippen LogP contribution is -2.61. The van der Waals surface area contributed by atoms with E-state index in [-0.39, 0.29) is 18.4 Å². The van der Waals surface area contributed by atoms with Gasteiger partial charge in [-0.25, -0.2) is 0 Å². The van der Waals surface area contributed by atoms with E-state index >= 15 is 0 Å². The quantitative estimate of drug-likeness (QED) is 0.741. The van der Waals surface area contributed by atoms with Crippen molar-refractivity contribution < 1.29 is 9.59 Å². The van der Waals surface area contributed by atoms with E-state index < -0.39 is 6.04 Å². The van der Waals surface area contributed by atoms with E-state index in [4.69, 9.17) is 0 Å². The van der Waals surface area contributed by atoms with Crippen LogP contribution in [0.25, 0.3) is 0 Å². The zero-order valence-electron chi connectivity index (χ0n) is 8.87. The van der Waals surface area contributed by atoms with Crippen molar-refractivity contribution >= 4 is 39.1 Å². The molecule has 2 N–H and O–H groups in total. The van der Waals surface area contributed by atoms with Gasteiger partial charge in [0.05, 0.1) is 17.9 Å². The van der Waals surface area contributed by atoms with Crippen LogP contribution >= 0.6 is 15.9 Å². The molecule has 1 saturated heterocycles. The average Bonchev–Trinajstić information content (AvgIpc) is 2.30. The summed E-state index contributed by atoms with van der Waals surface area (Å²) >= 11 is 3.43. The van der Waals surface area contributed by atoms with Crippen LogP contribution in [0, 0.1) is 0 Å². The number of para-hydroxylation sites is 1. The molecule has 3 rings (SSSR count). The predicted octanol–water partition coefficient (Wildman–Crippen LogP) is 0.706. The van der Waals surface area contributed by atoms with Crippen molar-refractivity contribution in [1.29, 1.82) is 0 Å². The maximum Gasteiger partial charge on any atom is 0.248 e. The van der Waals surface area contributed by atoms with Gasteiger partial charge < -0.3 is 10.6 Å². The number of nitrogens with one attached hydrogen (secondary N) is 2. The molecular formula is C11H10BrN3O2. The SMILES string of the molecule is O=C1Nc2cccc(Br)c2N2C(=O)CNCC12. The Balaban J connectivity index is 2.18. The Morgan fingerprint density at radius 3 is 3.00 bits per heavy atom. The van der Waals surface area contributed by atoms with E-state index in [0.29, 0.717) is 12.2 Å². The summed E-state index contributed by atoms with van der Waals surface area (Å²) in [5.74, 6) is -0.222. The van der Waals surface area contributed by atoms with Crippen LogP contribution in [0.5, 0.6) is 0 Å². The maximum atomic E-state index is 12.0. The number of benzene rings is 1. The summed E-state index contributed by atoms with van der Waals surface area (Å²) in [5.41, 5.74) is 1.43. The van der Waals surface area contributed by atoms with Crippen LogP contribution in [0.1, 0.15) is 0 Å². The van der Waals surface area contributed by atoms with E-state index in [2.05, 4.69) is 26.6 Å². The summed E-state index contributed by atoms with van der Waals surface area (Å²) in [7, 11) is 0. The van der Waals surface area contributed by atoms with Crippen molar-refractivity contribution in [3.05, 3.63) is 22.7 Å². The third kappa shape index (κ3) is 1.56. The van der Waals surface area contributed by atoms with Gasteiger partial charge in [0.1, 0.15) is 6.04 Å². The van der Waals surface area contributed by atoms with E-state index in [0.717, 1.165) is 10.2 Å². The van der Waals surface area contributed by atoms with E-state index in [1.165, 1.54) is 0 Å². The second kappa shape index (κ2) is 3.82. The number of amides is 2. The first-order valence-electron chi connectivity index (χ1n) is 5.30. The highest BCUT2D eigenvalue weighted by atomic mass is 79.9. The molecule has 1 atom stereocenters. The summed E-state index contributed by atoms with van der Waals surface area (Å²) in [6, 6.07) is 5.03. The van der Waals surface area contributed by atoms with Crippen LogP contribution in [0.2, 0.25) is 0 Å². The fourth-order valence-corrected chi connectivity index (χ4v) is 2.79. The first kappa shape index (κ1) is 10.7. The van der Waals surface area contributed by atoms with Crippen LogP contribution in [0.3, 0.4) is 0 Å². The number of halogens is 1. The second-order valence-electron chi connectivity index (χ2n) is 4.04. The molecule has 88 valence electrons. The molecule has 1 unspecified atom stereocenters. The van der Waals surface area contributed by atoms with Gasteiger partial charge in [0.15, 0.2) is 0 Å². The Kier molecular flexibility index (Phi) is 2.41. The van der Waals surface area contributed by atoms with E-state index in [9.17, 15) is 9.59 Å². The molecular weight excluding hydrogens is 286 g/mol. The predicted molar refractivity (Wildman–Crippen MR) is 66.9 cm³/mol. The van der Waals surface area contributed by atoms with Gasteiger partial charge in [-0.1, -0.05) is 6.07 Å². The minimum Gasteiger partial charge on any atom is -0.322 e. The zero-order chi connectivity index (χ0) is 12.0. The van der Waals surface area contributed by atoms with Gasteiger partial charge >= 0.3 is 0 Å². The summed E-state index contributed by atoms with van der Waals surface area (Å²) in [6.07, 6.45) is 0. The van der Waals surface area contributed by atoms with Crippen molar-refractivity contribution in [3.8, 4) is 0 Å². The van der Waals surface area contributed by atoms with Crippen LogP contribution in [0.15, 0.2) is 22.7 Å². The molecule has 0 bridgehead atoms. The Morgan fingerprint density at radius 2 is 2.18 bits per heavy atom. The molecule has 6 heteroatoms. The number of carbonyl (C=O) groups is 2. The van der Waals surface area contributed by atoms with Crippen molar-refractivity contribution in [2.24, 2.45) is 0 Å². The average molecular weight is 296 g/mol. The van der Waals surface area contributed by atoms with E-state index in [1.807, 2.05) is 12.1 Å². The molecule has 17 heavy (non-hydrogen) atoms. The van der Waals surface area contributed by atoms with Crippen LogP contribution in [-0.2, 0) is 9.59 Å². The minimum atomic E-state index is -0.456. The molecule has 0 radical (unpaired) electrons. The fourth-order valence-electron chi connectivity index (χ4n) is 2.23. The van der Waals surface area contributed by atoms with Crippen LogP contribution in [-0.4, -0.2) is 30.9 Å². The third-order valence-electron chi connectivity index (χ3n) is 2.98. The highest BCUT2D eigenvalue weighted by Gasteiger charge is 2.39. The summed E-state index contributed by atoms with van der Waals surface area (Å²) in [6.45, 7) is 0.753. The number of hydrogen-bond acceptors (Lipinski definition) is 3. The van der Waals surface area contributed by atoms with Gasteiger partial charge in [0, 0.05) is 11.0 Å². The lowest BCUT2D eigenvalue weighted by Gasteiger charge is -2.40. The standard InChI is InChI=1S/C11H10BrN3O2/c12-6-2-1-3-7-10(6)15-8(11(17)14-7)4-13-5-9(15)16/h1-3,8,13H,4-5H2,(H,14,17). The zero-order valence-corrected chi connectivity index (χ0v) is 10.5. The van der Waals surface area contributed by atoms with Gasteiger partial charge in [-0.05, 0) is 28.1 Å². The van der Waals surface area contributed by atoms with Gasteiger partial charge in [0.2, 0.25) is 11.8 Å². The van der Waals surface area contributed by atoms with Crippen LogP contribution in [0.4, 0.5) is 11.4 Å². The van der Waals surface area contributed by atoms with Crippen LogP contribution < -0.4 is 15.5 Å². The summed E-state index contributed by atoms with van der Waals surface area (Å²) in [5, 5.41) is 5.76. The van der Waals surface area contributed by atoms with E-state index in [1.54, 1.807) is 11.0 Å². The van der Waals surface area contributed by atoms with Gasteiger partial charge in [-0.15, -0.1) is 0 Å². The Bertz CT molecular complexity index is 517. The van der Waals surface area contributed by atoms with Gasteiger partial charge in [-0.2, -0.15) is 0 Å². The lowest BCUT2D eigenvalue weighted by atomic mass is 10.1. The topological polar surface area (TPSA) is 61.4 Å². The summed E-state index contributed by atoms with van der Waals surface area (Å²) < 4.78 is 0.815. The molecule has 1 fully saturated rings. The minimum absolute atomic E-state index is 0.0794. The van der Waals surface area contributed by atoms with Gasteiger partial charge in [0.25, 0.3) is 0 Å². The molecule has 0 saturated carbocycles. The number of rotatable bonds is 0. The van der Waals surface area contributed by atoms with Crippen molar-refractivity contribution in [2.75, 3.05) is 23.3 Å². The third-order valence-corrected chi connectivity index (χ3v) is 3.62. The molecule has 2 aliphatic rings. The smallest absolute Gasteiger partial charge is 0.248 e. The normalized spacial score (nSPS) is 22.9. The van der Waals surface area contributed by atoms with Crippen molar-refractivity contribution in [2.45, 2.75) is 6.04 Å². The molecule has 2 heterocycles. The molecule has 0 aromatic heterocycles. The second-order valence-corrected chi connectivity index (χ2v) is 4.89. The highest BCUT2D eigenvalue weighted by molar-refractivity contribution is 9.10. The number of carbonyl (C=O) groups excluding carboxylic acids is 2. The summed E-state index contributed by atoms with van der Waals surface area (Å²) in [4.78, 5) is 25.4. The number of anilines is 2. The monoisotopic (exact) mass is 295 g/mol. The van der Waals surface area contributed by atoms with Gasteiger partial charge in [-0.3, -0.25) is 14.5 Å². The largest absolute Gasteiger partial charge is 0.322 e. The number of fused-ring (bicyclic) bond motifs is 3. The number of hydrogen-bond donors (Lipinski definition) is 2. The molecule has 0 aliphatic carbocycles. The molecule has 1 aromatic rings. The Morgan fingerprint density at radius 1 is 1.35 bits per heavy atom. The Labute approximate surface area is 106 Å². The first-order chi connectivity index (χ1) is 8.18. The first-order valence-corrected chi connectivity index (χ1v) is 6.10. The molecule has 2 aliphatic heterocycles. The lowest BCUT2D eigenvalue weighted by molar-refractivity contribution is -0.124. The molecule has 0 spiro atoms. The maximum absolute atomic E-state index is 12.0. The number of nitrogens with zero attached hydrogens (tertiary/aromatic N) is 1. The highest BCUT2D eigenvalue weighted by Crippen LogP contribution is 2.38. The molecule has 2 amide bonds. The molecule has 5 nitrogen and oxygen atoms in total. The fraction of sp³-hybridized carbons (Fsp3) is 0.273. The number of piperazine rings is 1. The van der Waals surface area contributed by atoms with Crippen molar-refractivity contribution in [3.63, 3.8) is 0 Å². The Hall–Kier alpha value is -1.40.